The molecule has 1 aromatic carbocycles. The zero-order valence-electron chi connectivity index (χ0n) is 8.77. The first-order valence-electron chi connectivity index (χ1n) is 4.92. The molecular weight excluding hydrogens is 212 g/mol. The minimum absolute atomic E-state index is 0.119. The summed E-state index contributed by atoms with van der Waals surface area (Å²) in [5, 5.41) is 23.4. The van der Waals surface area contributed by atoms with Crippen molar-refractivity contribution in [2.24, 2.45) is 0 Å². The number of rotatable bonds is 3. The van der Waals surface area contributed by atoms with Gasteiger partial charge < -0.3 is 15.2 Å². The fraction of sp³-hybridized carbons (Fsp3) is 0.400. The normalized spacial score (nSPS) is 18.9. The van der Waals surface area contributed by atoms with Gasteiger partial charge in [0.15, 0.2) is 5.75 Å². The van der Waals surface area contributed by atoms with Gasteiger partial charge in [-0.3, -0.25) is 10.1 Å². The molecule has 16 heavy (non-hydrogen) atoms. The molecule has 1 aliphatic rings. The maximum absolute atomic E-state index is 10.7. The molecule has 1 atom stereocenters. The number of phenols is 1. The third-order valence-corrected chi connectivity index (χ3v) is 2.72. The zero-order chi connectivity index (χ0) is 11.7. The summed E-state index contributed by atoms with van der Waals surface area (Å²) in [5.74, 6) is -0.284. The van der Waals surface area contributed by atoms with Gasteiger partial charge >= 0.3 is 5.69 Å². The van der Waals surface area contributed by atoms with E-state index in [2.05, 4.69) is 5.32 Å². The van der Waals surface area contributed by atoms with E-state index in [0.717, 1.165) is 18.5 Å². The summed E-state index contributed by atoms with van der Waals surface area (Å²) in [6.07, 6.45) is 0.936. The molecular formula is C10H12N2O4. The van der Waals surface area contributed by atoms with Gasteiger partial charge in [-0.2, -0.15) is 0 Å². The highest BCUT2D eigenvalue weighted by Crippen LogP contribution is 2.39. The van der Waals surface area contributed by atoms with Crippen LogP contribution in [-0.2, 0) is 0 Å². The molecule has 0 spiro atoms. The fourth-order valence-electron chi connectivity index (χ4n) is 1.68. The molecule has 1 saturated heterocycles. The first kappa shape index (κ1) is 10.7. The van der Waals surface area contributed by atoms with E-state index < -0.39 is 10.7 Å². The van der Waals surface area contributed by atoms with Gasteiger partial charge in [-0.15, -0.1) is 0 Å². The summed E-state index contributed by atoms with van der Waals surface area (Å²) in [4.78, 5) is 10.1. The van der Waals surface area contributed by atoms with E-state index in [9.17, 15) is 15.2 Å². The molecule has 1 heterocycles. The molecule has 0 aromatic heterocycles. The van der Waals surface area contributed by atoms with Crippen LogP contribution in [0.5, 0.6) is 11.5 Å². The van der Waals surface area contributed by atoms with Crippen molar-refractivity contribution in [1.29, 1.82) is 0 Å². The van der Waals surface area contributed by atoms with Crippen molar-refractivity contribution in [3.8, 4) is 11.5 Å². The van der Waals surface area contributed by atoms with Crippen LogP contribution < -0.4 is 10.1 Å². The Morgan fingerprint density at radius 3 is 2.75 bits per heavy atom. The molecule has 0 unspecified atom stereocenters. The van der Waals surface area contributed by atoms with E-state index in [4.69, 9.17) is 4.74 Å². The molecule has 0 amide bonds. The van der Waals surface area contributed by atoms with Crippen molar-refractivity contribution in [2.45, 2.75) is 12.5 Å². The Morgan fingerprint density at radius 1 is 1.62 bits per heavy atom. The molecule has 86 valence electrons. The smallest absolute Gasteiger partial charge is 0.314 e. The van der Waals surface area contributed by atoms with E-state index in [0.29, 0.717) is 0 Å². The first-order chi connectivity index (χ1) is 7.63. The van der Waals surface area contributed by atoms with Gasteiger partial charge in [0.2, 0.25) is 5.75 Å². The van der Waals surface area contributed by atoms with Crippen LogP contribution in [0.15, 0.2) is 12.1 Å². The summed E-state index contributed by atoms with van der Waals surface area (Å²) in [5.41, 5.74) is 0.454. The summed E-state index contributed by atoms with van der Waals surface area (Å²) in [6.45, 7) is 0.904. The minimum Gasteiger partial charge on any atom is -0.500 e. The molecule has 0 saturated carbocycles. The van der Waals surface area contributed by atoms with Crippen LogP contribution in [0.1, 0.15) is 18.0 Å². The van der Waals surface area contributed by atoms with Crippen LogP contribution in [0.2, 0.25) is 0 Å². The summed E-state index contributed by atoms with van der Waals surface area (Å²) < 4.78 is 4.91. The number of phenolic OH excluding ortho intramolecular Hbond substituents is 1. The predicted molar refractivity (Wildman–Crippen MR) is 56.7 cm³/mol. The highest BCUT2D eigenvalue weighted by atomic mass is 16.6. The second-order valence-electron chi connectivity index (χ2n) is 3.64. The lowest BCUT2D eigenvalue weighted by atomic mass is 9.97. The molecule has 0 bridgehead atoms. The Morgan fingerprint density at radius 2 is 2.31 bits per heavy atom. The van der Waals surface area contributed by atoms with Gasteiger partial charge in [0.25, 0.3) is 0 Å². The van der Waals surface area contributed by atoms with Crippen molar-refractivity contribution in [3.05, 3.63) is 27.8 Å². The van der Waals surface area contributed by atoms with Crippen LogP contribution in [0.3, 0.4) is 0 Å². The Kier molecular flexibility index (Phi) is 2.66. The second kappa shape index (κ2) is 3.97. The number of hydrogen-bond acceptors (Lipinski definition) is 5. The lowest BCUT2D eigenvalue weighted by molar-refractivity contribution is -0.386. The van der Waals surface area contributed by atoms with Crippen LogP contribution in [0.25, 0.3) is 0 Å². The average molecular weight is 224 g/mol. The second-order valence-corrected chi connectivity index (χ2v) is 3.64. The van der Waals surface area contributed by atoms with Crippen molar-refractivity contribution in [2.75, 3.05) is 13.7 Å². The van der Waals surface area contributed by atoms with Crippen LogP contribution >= 0.6 is 0 Å². The molecule has 0 radical (unpaired) electrons. The van der Waals surface area contributed by atoms with Crippen molar-refractivity contribution < 1.29 is 14.8 Å². The van der Waals surface area contributed by atoms with Crippen molar-refractivity contribution in [1.82, 2.24) is 5.32 Å². The maximum Gasteiger partial charge on any atom is 0.314 e. The number of nitro benzene ring substituents is 1. The lowest BCUT2D eigenvalue weighted by Crippen LogP contribution is -2.34. The van der Waals surface area contributed by atoms with E-state index in [1.807, 2.05) is 0 Å². The molecule has 6 nitrogen and oxygen atoms in total. The van der Waals surface area contributed by atoms with Gasteiger partial charge in [-0.25, -0.2) is 0 Å². The Labute approximate surface area is 92.0 Å². The number of aromatic hydroxyl groups is 1. The Hall–Kier alpha value is -1.82. The third kappa shape index (κ3) is 1.67. The average Bonchev–Trinajstić information content (AvgIpc) is 2.17. The molecule has 1 fully saturated rings. The van der Waals surface area contributed by atoms with Crippen LogP contribution in [-0.4, -0.2) is 23.7 Å². The molecule has 1 aliphatic heterocycles. The number of ether oxygens (including phenoxy) is 1. The van der Waals surface area contributed by atoms with Crippen LogP contribution in [0, 0.1) is 10.1 Å². The number of nitrogens with zero attached hydrogens (tertiary/aromatic N) is 1. The highest BCUT2D eigenvalue weighted by Gasteiger charge is 2.25. The SMILES string of the molecule is COc1cc([C@@H]2CCN2)cc([N+](=O)[O-])c1O. The number of hydrogen-bond donors (Lipinski definition) is 2. The molecule has 6 heteroatoms. The van der Waals surface area contributed by atoms with Gasteiger partial charge in [0.1, 0.15) is 0 Å². The van der Waals surface area contributed by atoms with Crippen molar-refractivity contribution >= 4 is 5.69 Å². The van der Waals surface area contributed by atoms with E-state index in [-0.39, 0.29) is 17.5 Å². The van der Waals surface area contributed by atoms with E-state index >= 15 is 0 Å². The topological polar surface area (TPSA) is 84.6 Å². The predicted octanol–water partition coefficient (Wildman–Crippen LogP) is 1.34. The number of methoxy groups -OCH3 is 1. The number of nitro groups is 1. The van der Waals surface area contributed by atoms with Gasteiger partial charge in [0.05, 0.1) is 12.0 Å². The number of nitrogens with one attached hydrogen (secondary N) is 1. The van der Waals surface area contributed by atoms with Gasteiger partial charge in [-0.1, -0.05) is 0 Å². The van der Waals surface area contributed by atoms with E-state index in [1.54, 1.807) is 6.07 Å². The Bertz CT molecular complexity index is 429. The molecule has 2 rings (SSSR count). The standard InChI is InChI=1S/C10H12N2O4/c1-16-9-5-6(7-2-3-11-7)4-8(10(9)13)12(14)15/h4-5,7,11,13H,2-3H2,1H3/t7-/m0/s1. The summed E-state index contributed by atoms with van der Waals surface area (Å²) in [7, 11) is 1.37. The van der Waals surface area contributed by atoms with Crippen molar-refractivity contribution in [3.63, 3.8) is 0 Å². The Balaban J connectivity index is 2.47. The summed E-state index contributed by atoms with van der Waals surface area (Å²) in [6, 6.07) is 3.13. The monoisotopic (exact) mass is 224 g/mol. The van der Waals surface area contributed by atoms with Gasteiger partial charge in [-0.05, 0) is 24.6 Å². The van der Waals surface area contributed by atoms with Crippen LogP contribution in [0.4, 0.5) is 5.69 Å². The molecule has 1 aromatic rings. The van der Waals surface area contributed by atoms with Gasteiger partial charge in [0, 0.05) is 12.1 Å². The maximum atomic E-state index is 10.7. The quantitative estimate of drug-likeness (QED) is 0.597. The molecule has 0 aliphatic carbocycles. The highest BCUT2D eigenvalue weighted by molar-refractivity contribution is 5.57. The van der Waals surface area contributed by atoms with E-state index in [1.165, 1.54) is 13.2 Å². The minimum atomic E-state index is -0.611. The lowest BCUT2D eigenvalue weighted by Gasteiger charge is -2.28. The largest absolute Gasteiger partial charge is 0.500 e. The molecule has 2 N–H and O–H groups in total. The zero-order valence-corrected chi connectivity index (χ0v) is 8.77. The number of benzene rings is 1. The summed E-state index contributed by atoms with van der Waals surface area (Å²) >= 11 is 0. The third-order valence-electron chi connectivity index (χ3n) is 2.72. The first-order valence-corrected chi connectivity index (χ1v) is 4.92. The fourth-order valence-corrected chi connectivity index (χ4v) is 1.68.